The molecule has 1 N–H and O–H groups in total. The van der Waals surface area contributed by atoms with Gasteiger partial charge in [0.05, 0.1) is 0 Å². The van der Waals surface area contributed by atoms with Crippen LogP contribution < -0.4 is 5.32 Å². The molecule has 108 valence electrons. The lowest BCUT2D eigenvalue weighted by molar-refractivity contribution is 0.113. The summed E-state index contributed by atoms with van der Waals surface area (Å²) in [6, 6.07) is 0. The highest BCUT2D eigenvalue weighted by molar-refractivity contribution is 4.85. The summed E-state index contributed by atoms with van der Waals surface area (Å²) in [5.74, 6) is 3.75. The Bertz CT molecular complexity index is 224. The first kappa shape index (κ1) is 16.0. The minimum absolute atomic E-state index is 0.265. The average molecular weight is 253 g/mol. The summed E-state index contributed by atoms with van der Waals surface area (Å²) in [4.78, 5) is 0. The summed E-state index contributed by atoms with van der Waals surface area (Å²) in [6.45, 7) is 15.3. The van der Waals surface area contributed by atoms with Gasteiger partial charge in [0.25, 0.3) is 0 Å². The molecule has 0 heterocycles. The third-order valence-corrected chi connectivity index (χ3v) is 4.86. The maximum absolute atomic E-state index is 3.74. The zero-order valence-corrected chi connectivity index (χ0v) is 13.6. The van der Waals surface area contributed by atoms with E-state index in [0.29, 0.717) is 0 Å². The fraction of sp³-hybridized carbons (Fsp3) is 1.00. The Morgan fingerprint density at radius 1 is 1.11 bits per heavy atom. The summed E-state index contributed by atoms with van der Waals surface area (Å²) in [6.07, 6.45) is 7.06. The third-order valence-electron chi connectivity index (χ3n) is 4.86. The molecular weight excluding hydrogens is 218 g/mol. The molecule has 1 nitrogen and oxygen atoms in total. The molecule has 0 aromatic rings. The summed E-state index contributed by atoms with van der Waals surface area (Å²) < 4.78 is 0. The van der Waals surface area contributed by atoms with E-state index >= 15 is 0 Å². The molecule has 0 bridgehead atoms. The van der Waals surface area contributed by atoms with E-state index in [4.69, 9.17) is 0 Å². The Morgan fingerprint density at radius 3 is 2.22 bits per heavy atom. The van der Waals surface area contributed by atoms with Gasteiger partial charge in [0, 0.05) is 5.54 Å². The maximum Gasteiger partial charge on any atom is 0.00966 e. The van der Waals surface area contributed by atoms with Gasteiger partial charge in [0.15, 0.2) is 0 Å². The first-order valence-corrected chi connectivity index (χ1v) is 8.12. The fourth-order valence-corrected chi connectivity index (χ4v) is 3.65. The second kappa shape index (κ2) is 6.93. The van der Waals surface area contributed by atoms with Crippen LogP contribution in [0.3, 0.4) is 0 Å². The Kier molecular flexibility index (Phi) is 6.17. The summed E-state index contributed by atoms with van der Waals surface area (Å²) in [7, 11) is 0. The van der Waals surface area contributed by atoms with E-state index < -0.39 is 0 Å². The van der Waals surface area contributed by atoms with Gasteiger partial charge in [0.1, 0.15) is 0 Å². The molecule has 3 unspecified atom stereocenters. The summed E-state index contributed by atoms with van der Waals surface area (Å²) >= 11 is 0. The van der Waals surface area contributed by atoms with Gasteiger partial charge in [-0.3, -0.25) is 0 Å². The van der Waals surface area contributed by atoms with Gasteiger partial charge in [-0.05, 0) is 63.8 Å². The van der Waals surface area contributed by atoms with E-state index in [1.807, 2.05) is 0 Å². The molecule has 1 rings (SSSR count). The topological polar surface area (TPSA) is 12.0 Å². The molecule has 1 aliphatic carbocycles. The Hall–Kier alpha value is -0.0400. The van der Waals surface area contributed by atoms with Crippen molar-refractivity contribution in [1.82, 2.24) is 5.32 Å². The molecule has 0 amide bonds. The van der Waals surface area contributed by atoms with Gasteiger partial charge in [-0.15, -0.1) is 0 Å². The standard InChI is InChI=1S/C17H35N/c1-7-14(8-2)16-11-13(3)9-10-15(16)12-18-17(4,5)6/h13-16,18H,7-12H2,1-6H3. The van der Waals surface area contributed by atoms with Gasteiger partial charge >= 0.3 is 0 Å². The molecule has 1 aliphatic rings. The lowest BCUT2D eigenvalue weighted by atomic mass is 9.67. The molecule has 0 spiro atoms. The summed E-state index contributed by atoms with van der Waals surface area (Å²) in [5, 5.41) is 3.74. The van der Waals surface area contributed by atoms with Crippen LogP contribution >= 0.6 is 0 Å². The number of nitrogens with one attached hydrogen (secondary N) is 1. The first-order valence-electron chi connectivity index (χ1n) is 8.12. The van der Waals surface area contributed by atoms with Crippen molar-refractivity contribution in [1.29, 1.82) is 0 Å². The average Bonchev–Trinajstić information content (AvgIpc) is 2.28. The molecule has 18 heavy (non-hydrogen) atoms. The van der Waals surface area contributed by atoms with Crippen molar-refractivity contribution in [3.63, 3.8) is 0 Å². The zero-order valence-electron chi connectivity index (χ0n) is 13.6. The monoisotopic (exact) mass is 253 g/mol. The van der Waals surface area contributed by atoms with Crippen molar-refractivity contribution >= 4 is 0 Å². The maximum atomic E-state index is 3.74. The summed E-state index contributed by atoms with van der Waals surface area (Å²) in [5.41, 5.74) is 0.265. The number of hydrogen-bond donors (Lipinski definition) is 1. The van der Waals surface area contributed by atoms with E-state index in [1.165, 1.54) is 38.6 Å². The van der Waals surface area contributed by atoms with E-state index in [2.05, 4.69) is 46.9 Å². The minimum Gasteiger partial charge on any atom is -0.312 e. The van der Waals surface area contributed by atoms with Crippen LogP contribution in [0.25, 0.3) is 0 Å². The van der Waals surface area contributed by atoms with E-state index in [0.717, 1.165) is 23.7 Å². The van der Waals surface area contributed by atoms with E-state index in [9.17, 15) is 0 Å². The molecule has 1 saturated carbocycles. The van der Waals surface area contributed by atoms with Gasteiger partial charge in [-0.1, -0.05) is 40.0 Å². The predicted octanol–water partition coefficient (Wildman–Crippen LogP) is 4.86. The second-order valence-electron chi connectivity index (χ2n) is 7.55. The van der Waals surface area contributed by atoms with Crippen LogP contribution in [0.15, 0.2) is 0 Å². The molecule has 1 heteroatoms. The molecule has 1 fully saturated rings. The normalized spacial score (nSPS) is 29.8. The van der Waals surface area contributed by atoms with Crippen molar-refractivity contribution < 1.29 is 0 Å². The van der Waals surface area contributed by atoms with Crippen LogP contribution in [0.5, 0.6) is 0 Å². The van der Waals surface area contributed by atoms with Gasteiger partial charge < -0.3 is 5.32 Å². The molecular formula is C17H35N. The van der Waals surface area contributed by atoms with Crippen LogP contribution in [0.2, 0.25) is 0 Å². The lowest BCUT2D eigenvalue weighted by Crippen LogP contribution is -2.43. The minimum atomic E-state index is 0.265. The highest BCUT2D eigenvalue weighted by atomic mass is 14.9. The van der Waals surface area contributed by atoms with Crippen LogP contribution in [-0.2, 0) is 0 Å². The smallest absolute Gasteiger partial charge is 0.00966 e. The Morgan fingerprint density at radius 2 is 1.72 bits per heavy atom. The van der Waals surface area contributed by atoms with E-state index in [-0.39, 0.29) is 5.54 Å². The third kappa shape index (κ3) is 4.91. The van der Waals surface area contributed by atoms with Crippen LogP contribution in [-0.4, -0.2) is 12.1 Å². The van der Waals surface area contributed by atoms with Crippen LogP contribution in [0, 0.1) is 23.7 Å². The number of rotatable bonds is 5. The zero-order chi connectivity index (χ0) is 13.8. The quantitative estimate of drug-likeness (QED) is 0.737. The molecule has 0 radical (unpaired) electrons. The Labute approximate surface area is 115 Å². The van der Waals surface area contributed by atoms with Crippen molar-refractivity contribution in [2.75, 3.05) is 6.54 Å². The first-order chi connectivity index (χ1) is 8.37. The molecule has 0 saturated heterocycles. The Balaban J connectivity index is 2.61. The van der Waals surface area contributed by atoms with Crippen LogP contribution in [0.1, 0.15) is 73.6 Å². The van der Waals surface area contributed by atoms with Crippen molar-refractivity contribution in [2.45, 2.75) is 79.2 Å². The fourth-order valence-electron chi connectivity index (χ4n) is 3.65. The van der Waals surface area contributed by atoms with Crippen molar-refractivity contribution in [3.8, 4) is 0 Å². The molecule has 0 aromatic carbocycles. The SMILES string of the molecule is CCC(CC)C1CC(C)CCC1CNC(C)(C)C. The lowest BCUT2D eigenvalue weighted by Gasteiger charge is -2.40. The highest BCUT2D eigenvalue weighted by Crippen LogP contribution is 2.40. The van der Waals surface area contributed by atoms with Crippen LogP contribution in [0.4, 0.5) is 0 Å². The number of hydrogen-bond acceptors (Lipinski definition) is 1. The molecule has 0 aliphatic heterocycles. The van der Waals surface area contributed by atoms with Gasteiger partial charge in [-0.25, -0.2) is 0 Å². The largest absolute Gasteiger partial charge is 0.312 e. The van der Waals surface area contributed by atoms with E-state index in [1.54, 1.807) is 0 Å². The molecule has 0 aromatic heterocycles. The van der Waals surface area contributed by atoms with Crippen molar-refractivity contribution in [2.24, 2.45) is 23.7 Å². The van der Waals surface area contributed by atoms with Crippen molar-refractivity contribution in [3.05, 3.63) is 0 Å². The molecule has 3 atom stereocenters. The second-order valence-corrected chi connectivity index (χ2v) is 7.55. The predicted molar refractivity (Wildman–Crippen MR) is 81.8 cm³/mol. The van der Waals surface area contributed by atoms with Gasteiger partial charge in [-0.2, -0.15) is 0 Å². The van der Waals surface area contributed by atoms with Gasteiger partial charge in [0.2, 0.25) is 0 Å². The highest BCUT2D eigenvalue weighted by Gasteiger charge is 2.33.